The first-order valence-electron chi connectivity index (χ1n) is 19.2. The van der Waals surface area contributed by atoms with E-state index in [9.17, 15) is 0 Å². The first-order chi connectivity index (χ1) is 27.8. The van der Waals surface area contributed by atoms with Gasteiger partial charge in [-0.1, -0.05) is 170 Å². The molecular weight excluding hydrogens is 679 g/mol. The third-order valence-corrected chi connectivity index (χ3v) is 11.3. The van der Waals surface area contributed by atoms with Crippen molar-refractivity contribution in [2.45, 2.75) is 5.92 Å². The van der Waals surface area contributed by atoms with E-state index in [1.54, 1.807) is 0 Å². The second-order valence-corrected chi connectivity index (χ2v) is 14.6. The lowest BCUT2D eigenvalue weighted by Gasteiger charge is -2.19. The number of para-hydroxylation sites is 2. The molecule has 3 heteroatoms. The highest BCUT2D eigenvalue weighted by Crippen LogP contribution is 2.49. The van der Waals surface area contributed by atoms with Gasteiger partial charge in [-0.3, -0.25) is 0 Å². The monoisotopic (exact) mass is 713 g/mol. The maximum absolute atomic E-state index is 5.35. The molecule has 0 spiro atoms. The molecule has 10 aromatic rings. The average molecular weight is 714 g/mol. The van der Waals surface area contributed by atoms with E-state index < -0.39 is 0 Å². The van der Waals surface area contributed by atoms with E-state index >= 15 is 0 Å². The first-order valence-corrected chi connectivity index (χ1v) is 19.2. The Morgan fingerprint density at radius 2 is 0.839 bits per heavy atom. The topological polar surface area (TPSA) is 30.7 Å². The van der Waals surface area contributed by atoms with Gasteiger partial charge >= 0.3 is 0 Å². The van der Waals surface area contributed by atoms with Crippen molar-refractivity contribution in [2.75, 3.05) is 0 Å². The normalized spacial score (nSPS) is 12.2. The largest absolute Gasteiger partial charge is 0.309 e. The summed E-state index contributed by atoms with van der Waals surface area (Å²) in [5.74, 6) is 0.764. The molecule has 262 valence electrons. The summed E-state index contributed by atoms with van der Waals surface area (Å²) in [7, 11) is 0. The summed E-state index contributed by atoms with van der Waals surface area (Å²) >= 11 is 0. The minimum absolute atomic E-state index is 0.0645. The van der Waals surface area contributed by atoms with Gasteiger partial charge < -0.3 is 4.57 Å². The molecule has 0 N–H and O–H groups in total. The van der Waals surface area contributed by atoms with Crippen LogP contribution in [0.25, 0.3) is 83.6 Å². The first kappa shape index (κ1) is 32.1. The van der Waals surface area contributed by atoms with Gasteiger partial charge in [0.2, 0.25) is 0 Å². The number of nitrogens with zero attached hydrogens (tertiary/aromatic N) is 3. The van der Waals surface area contributed by atoms with Gasteiger partial charge in [-0.05, 0) is 75.3 Å². The van der Waals surface area contributed by atoms with Gasteiger partial charge in [-0.25, -0.2) is 9.97 Å². The molecule has 2 heterocycles. The number of benzene rings is 8. The van der Waals surface area contributed by atoms with Gasteiger partial charge in [0.25, 0.3) is 0 Å². The third kappa shape index (κ3) is 5.36. The fourth-order valence-electron chi connectivity index (χ4n) is 8.72. The molecule has 0 unspecified atom stereocenters. The van der Waals surface area contributed by atoms with E-state index in [0.717, 1.165) is 33.8 Å². The van der Waals surface area contributed by atoms with Crippen LogP contribution in [-0.4, -0.2) is 14.5 Å². The van der Waals surface area contributed by atoms with Gasteiger partial charge in [-0.15, -0.1) is 0 Å². The predicted molar refractivity (Wildman–Crippen MR) is 231 cm³/mol. The molecule has 0 aliphatic heterocycles. The molecule has 3 nitrogen and oxygen atoms in total. The van der Waals surface area contributed by atoms with E-state index in [0.29, 0.717) is 5.82 Å². The Hall–Kier alpha value is -7.36. The summed E-state index contributed by atoms with van der Waals surface area (Å²) in [5, 5.41) is 2.47. The van der Waals surface area contributed by atoms with Crippen molar-refractivity contribution in [3.63, 3.8) is 0 Å². The standard InChI is InChI=1S/C53H35N3/c1-3-15-35(16-4-1)36-27-29-37(30-28-36)48-34-49(55-53(54-48)38-17-5-2-6-18-38)39-31-40(52-46-23-9-7-19-42(46)43-20-8-10-24-47(43)52)33-41(32-39)56-50-25-13-11-21-44(50)45-22-12-14-26-51(45)56/h1-34,52H. The molecule has 0 saturated heterocycles. The Morgan fingerprint density at radius 3 is 1.46 bits per heavy atom. The highest BCUT2D eigenvalue weighted by atomic mass is 15.0. The lowest BCUT2D eigenvalue weighted by molar-refractivity contribution is 1.01. The lowest BCUT2D eigenvalue weighted by Crippen LogP contribution is -2.04. The zero-order chi connectivity index (χ0) is 37.0. The van der Waals surface area contributed by atoms with Crippen LogP contribution in [0.5, 0.6) is 0 Å². The molecule has 11 rings (SSSR count). The zero-order valence-corrected chi connectivity index (χ0v) is 30.5. The lowest BCUT2D eigenvalue weighted by atomic mass is 9.87. The van der Waals surface area contributed by atoms with Crippen LogP contribution in [0, 0.1) is 0 Å². The van der Waals surface area contributed by atoms with Gasteiger partial charge in [0.1, 0.15) is 0 Å². The molecule has 0 fully saturated rings. The second-order valence-electron chi connectivity index (χ2n) is 14.6. The molecular formula is C53H35N3. The van der Waals surface area contributed by atoms with Crippen LogP contribution in [0.2, 0.25) is 0 Å². The van der Waals surface area contributed by atoms with Crippen LogP contribution in [0.3, 0.4) is 0 Å². The quantitative estimate of drug-likeness (QED) is 0.172. The van der Waals surface area contributed by atoms with Crippen LogP contribution in [0.4, 0.5) is 0 Å². The van der Waals surface area contributed by atoms with E-state index in [2.05, 4.69) is 205 Å². The van der Waals surface area contributed by atoms with Crippen molar-refractivity contribution < 1.29 is 0 Å². The highest BCUT2D eigenvalue weighted by Gasteiger charge is 2.30. The Balaban J connectivity index is 1.16. The summed E-state index contributed by atoms with van der Waals surface area (Å²) in [6.45, 7) is 0. The molecule has 1 aliphatic carbocycles. The Morgan fingerprint density at radius 1 is 0.357 bits per heavy atom. The summed E-state index contributed by atoms with van der Waals surface area (Å²) in [5.41, 5.74) is 17.1. The predicted octanol–water partition coefficient (Wildman–Crippen LogP) is 13.4. The van der Waals surface area contributed by atoms with Crippen LogP contribution >= 0.6 is 0 Å². The Kier molecular flexibility index (Phi) is 7.56. The van der Waals surface area contributed by atoms with E-state index in [1.807, 2.05) is 6.07 Å². The Bertz CT molecular complexity index is 2970. The van der Waals surface area contributed by atoms with Gasteiger partial charge in [0.05, 0.1) is 22.4 Å². The van der Waals surface area contributed by atoms with Crippen molar-refractivity contribution in [1.82, 2.24) is 14.5 Å². The second kappa shape index (κ2) is 13.2. The van der Waals surface area contributed by atoms with Crippen LogP contribution in [0.1, 0.15) is 22.6 Å². The molecule has 1 aliphatic rings. The SMILES string of the molecule is c1ccc(-c2ccc(-c3cc(-c4cc(C5c6ccccc6-c6ccccc65)cc(-n5c6ccccc6c6ccccc65)c4)nc(-c4ccccc4)n3)cc2)cc1. The fourth-order valence-corrected chi connectivity index (χ4v) is 8.72. The number of hydrogen-bond acceptors (Lipinski definition) is 2. The van der Waals surface area contributed by atoms with Gasteiger partial charge in [0, 0.05) is 39.1 Å². The van der Waals surface area contributed by atoms with Gasteiger partial charge in [0.15, 0.2) is 5.82 Å². The summed E-state index contributed by atoms with van der Waals surface area (Å²) in [6.07, 6.45) is 0. The third-order valence-electron chi connectivity index (χ3n) is 11.3. The van der Waals surface area contributed by atoms with Gasteiger partial charge in [-0.2, -0.15) is 0 Å². The van der Waals surface area contributed by atoms with Crippen LogP contribution in [-0.2, 0) is 0 Å². The molecule has 2 aromatic heterocycles. The van der Waals surface area contributed by atoms with Crippen LogP contribution < -0.4 is 0 Å². The molecule has 0 saturated carbocycles. The van der Waals surface area contributed by atoms with E-state index in [4.69, 9.17) is 9.97 Å². The van der Waals surface area contributed by atoms with Crippen molar-refractivity contribution in [3.05, 3.63) is 223 Å². The molecule has 0 atom stereocenters. The molecule has 0 bridgehead atoms. The smallest absolute Gasteiger partial charge is 0.160 e. The summed E-state index contributed by atoms with van der Waals surface area (Å²) in [4.78, 5) is 10.5. The molecule has 56 heavy (non-hydrogen) atoms. The number of hydrogen-bond donors (Lipinski definition) is 0. The van der Waals surface area contributed by atoms with Crippen molar-refractivity contribution in [2.24, 2.45) is 0 Å². The van der Waals surface area contributed by atoms with Crippen molar-refractivity contribution in [3.8, 4) is 61.8 Å². The van der Waals surface area contributed by atoms with Crippen molar-refractivity contribution in [1.29, 1.82) is 0 Å². The summed E-state index contributed by atoms with van der Waals surface area (Å²) < 4.78 is 2.42. The van der Waals surface area contributed by atoms with E-state index in [-0.39, 0.29) is 5.92 Å². The Labute approximate surface area is 325 Å². The molecule has 0 radical (unpaired) electrons. The fraction of sp³-hybridized carbons (Fsp3) is 0.0189. The maximum atomic E-state index is 5.35. The minimum Gasteiger partial charge on any atom is -0.309 e. The minimum atomic E-state index is 0.0645. The van der Waals surface area contributed by atoms with Crippen molar-refractivity contribution >= 4 is 21.8 Å². The number of rotatable bonds is 6. The number of fused-ring (bicyclic) bond motifs is 6. The zero-order valence-electron chi connectivity index (χ0n) is 30.5. The van der Waals surface area contributed by atoms with Crippen LogP contribution in [0.15, 0.2) is 206 Å². The van der Waals surface area contributed by atoms with E-state index in [1.165, 1.54) is 60.8 Å². The molecule has 0 amide bonds. The average Bonchev–Trinajstić information content (AvgIpc) is 3.80. The highest BCUT2D eigenvalue weighted by molar-refractivity contribution is 6.09. The maximum Gasteiger partial charge on any atom is 0.160 e. The molecule has 8 aromatic carbocycles. The number of aromatic nitrogens is 3. The summed E-state index contributed by atoms with van der Waals surface area (Å²) in [6, 6.07) is 74.0.